The summed E-state index contributed by atoms with van der Waals surface area (Å²) in [5, 5.41) is 11.5. The predicted octanol–water partition coefficient (Wildman–Crippen LogP) is 4.19. The number of oxime groups is 1. The minimum atomic E-state index is -0.472. The monoisotopic (exact) mass is 309 g/mol. The average molecular weight is 310 g/mol. The third-order valence-electron chi connectivity index (χ3n) is 2.23. The van der Waals surface area contributed by atoms with Crippen LogP contribution in [0.5, 0.6) is 11.5 Å². The smallest absolute Gasteiger partial charge is 0.166 e. The lowest BCUT2D eigenvalue weighted by Crippen LogP contribution is -1.92. The fourth-order valence-corrected chi connectivity index (χ4v) is 1.75. The number of rotatable bonds is 3. The summed E-state index contributed by atoms with van der Waals surface area (Å²) in [6.07, 6.45) is 1.23. The van der Waals surface area contributed by atoms with Gasteiger partial charge in [-0.05, 0) is 30.3 Å². The topological polar surface area (TPSA) is 41.8 Å². The Morgan fingerprint density at radius 3 is 2.67 bits per heavy atom. The summed E-state index contributed by atoms with van der Waals surface area (Å²) in [7, 11) is 0. The lowest BCUT2D eigenvalue weighted by Gasteiger charge is -2.09. The fraction of sp³-hybridized carbons (Fsp3) is 0. The van der Waals surface area contributed by atoms with E-state index in [0.29, 0.717) is 15.8 Å². The highest BCUT2D eigenvalue weighted by atomic mass is 79.9. The molecule has 0 aliphatic heterocycles. The summed E-state index contributed by atoms with van der Waals surface area (Å²) >= 11 is 3.17. The zero-order valence-electron chi connectivity index (χ0n) is 9.18. The molecular weight excluding hydrogens is 301 g/mol. The van der Waals surface area contributed by atoms with E-state index in [4.69, 9.17) is 9.94 Å². The molecule has 0 aromatic heterocycles. The molecule has 0 fully saturated rings. The van der Waals surface area contributed by atoms with Crippen molar-refractivity contribution >= 4 is 22.1 Å². The van der Waals surface area contributed by atoms with Crippen LogP contribution in [0.1, 0.15) is 5.56 Å². The number of halogens is 2. The van der Waals surface area contributed by atoms with Gasteiger partial charge in [0, 0.05) is 10.0 Å². The second-order valence-electron chi connectivity index (χ2n) is 3.46. The van der Waals surface area contributed by atoms with Gasteiger partial charge in [-0.25, -0.2) is 4.39 Å². The highest BCUT2D eigenvalue weighted by Crippen LogP contribution is 2.28. The molecule has 0 radical (unpaired) electrons. The molecule has 2 aromatic rings. The summed E-state index contributed by atoms with van der Waals surface area (Å²) in [4.78, 5) is 0. The SMILES string of the molecule is O/N=C/c1ccccc1Oc1ccc(Br)cc1F. The Labute approximate surface area is 112 Å². The van der Waals surface area contributed by atoms with Crippen molar-refractivity contribution in [2.75, 3.05) is 0 Å². The highest BCUT2D eigenvalue weighted by Gasteiger charge is 2.07. The number of hydrogen-bond acceptors (Lipinski definition) is 3. The van der Waals surface area contributed by atoms with Gasteiger partial charge < -0.3 is 9.94 Å². The van der Waals surface area contributed by atoms with Gasteiger partial charge in [0.2, 0.25) is 0 Å². The average Bonchev–Trinajstić information content (AvgIpc) is 2.35. The number of hydrogen-bond donors (Lipinski definition) is 1. The first-order chi connectivity index (χ1) is 8.70. The van der Waals surface area contributed by atoms with E-state index in [9.17, 15) is 4.39 Å². The zero-order chi connectivity index (χ0) is 13.0. The van der Waals surface area contributed by atoms with E-state index in [2.05, 4.69) is 21.1 Å². The molecule has 0 aliphatic rings. The number of benzene rings is 2. The minimum absolute atomic E-state index is 0.108. The van der Waals surface area contributed by atoms with Crippen molar-refractivity contribution < 1.29 is 14.3 Å². The van der Waals surface area contributed by atoms with Crippen molar-refractivity contribution in [2.45, 2.75) is 0 Å². The van der Waals surface area contributed by atoms with E-state index < -0.39 is 5.82 Å². The Bertz CT molecular complexity index is 587. The molecule has 2 aromatic carbocycles. The first-order valence-electron chi connectivity index (χ1n) is 5.10. The maximum absolute atomic E-state index is 13.6. The summed E-state index contributed by atoms with van der Waals surface area (Å²) in [5.41, 5.74) is 0.558. The molecule has 2 rings (SSSR count). The third kappa shape index (κ3) is 2.87. The first kappa shape index (κ1) is 12.6. The molecule has 0 bridgehead atoms. The van der Waals surface area contributed by atoms with Crippen molar-refractivity contribution in [1.29, 1.82) is 0 Å². The first-order valence-corrected chi connectivity index (χ1v) is 5.89. The van der Waals surface area contributed by atoms with Gasteiger partial charge in [-0.15, -0.1) is 0 Å². The van der Waals surface area contributed by atoms with E-state index in [1.54, 1.807) is 30.3 Å². The zero-order valence-corrected chi connectivity index (χ0v) is 10.8. The van der Waals surface area contributed by atoms with E-state index in [1.165, 1.54) is 18.3 Å². The van der Waals surface area contributed by atoms with E-state index in [-0.39, 0.29) is 5.75 Å². The maximum atomic E-state index is 13.6. The Morgan fingerprint density at radius 2 is 1.94 bits per heavy atom. The molecule has 5 heteroatoms. The molecule has 0 aliphatic carbocycles. The summed E-state index contributed by atoms with van der Waals surface area (Å²) in [5.74, 6) is 0.0497. The van der Waals surface area contributed by atoms with Gasteiger partial charge in [-0.2, -0.15) is 0 Å². The van der Waals surface area contributed by atoms with Gasteiger partial charge in [0.1, 0.15) is 5.75 Å². The van der Waals surface area contributed by atoms with Crippen LogP contribution in [0.2, 0.25) is 0 Å². The molecule has 0 saturated heterocycles. The maximum Gasteiger partial charge on any atom is 0.166 e. The van der Waals surface area contributed by atoms with E-state index in [1.807, 2.05) is 0 Å². The molecule has 0 spiro atoms. The quantitative estimate of drug-likeness (QED) is 0.525. The third-order valence-corrected chi connectivity index (χ3v) is 2.72. The lowest BCUT2D eigenvalue weighted by molar-refractivity contribution is 0.321. The van der Waals surface area contributed by atoms with Crippen LogP contribution in [0.4, 0.5) is 4.39 Å². The minimum Gasteiger partial charge on any atom is -0.454 e. The Hall–Kier alpha value is -1.88. The predicted molar refractivity (Wildman–Crippen MR) is 70.0 cm³/mol. The van der Waals surface area contributed by atoms with Crippen LogP contribution in [0, 0.1) is 5.82 Å². The number of ether oxygens (including phenoxy) is 1. The molecule has 0 heterocycles. The molecule has 1 N–H and O–H groups in total. The fourth-order valence-electron chi connectivity index (χ4n) is 1.42. The van der Waals surface area contributed by atoms with Gasteiger partial charge in [-0.1, -0.05) is 33.2 Å². The lowest BCUT2D eigenvalue weighted by atomic mass is 10.2. The summed E-state index contributed by atoms with van der Waals surface area (Å²) in [6, 6.07) is 11.4. The second kappa shape index (κ2) is 5.64. The molecule has 0 unspecified atom stereocenters. The molecule has 92 valence electrons. The van der Waals surface area contributed by atoms with Gasteiger partial charge in [0.05, 0.1) is 6.21 Å². The normalized spacial score (nSPS) is 10.8. The van der Waals surface area contributed by atoms with Gasteiger partial charge in [0.25, 0.3) is 0 Å². The Morgan fingerprint density at radius 1 is 1.17 bits per heavy atom. The number of nitrogens with zero attached hydrogens (tertiary/aromatic N) is 1. The molecule has 0 amide bonds. The van der Waals surface area contributed by atoms with E-state index >= 15 is 0 Å². The Balaban J connectivity index is 2.34. The van der Waals surface area contributed by atoms with Crippen LogP contribution in [-0.4, -0.2) is 11.4 Å². The van der Waals surface area contributed by atoms with Crippen LogP contribution >= 0.6 is 15.9 Å². The van der Waals surface area contributed by atoms with Crippen LogP contribution in [0.15, 0.2) is 52.1 Å². The van der Waals surface area contributed by atoms with Crippen molar-refractivity contribution in [3.63, 3.8) is 0 Å². The summed E-state index contributed by atoms with van der Waals surface area (Å²) in [6.45, 7) is 0. The van der Waals surface area contributed by atoms with Crippen molar-refractivity contribution in [3.05, 3.63) is 58.3 Å². The van der Waals surface area contributed by atoms with Gasteiger partial charge in [-0.3, -0.25) is 0 Å². The van der Waals surface area contributed by atoms with Gasteiger partial charge in [0.15, 0.2) is 11.6 Å². The standard InChI is InChI=1S/C13H9BrFNO2/c14-10-5-6-13(11(15)7-10)18-12-4-2-1-3-9(12)8-16-17/h1-8,17H/b16-8+. The molecule has 3 nitrogen and oxygen atoms in total. The van der Waals surface area contributed by atoms with Crippen molar-refractivity contribution in [1.82, 2.24) is 0 Å². The largest absolute Gasteiger partial charge is 0.454 e. The van der Waals surface area contributed by atoms with Crippen LogP contribution in [-0.2, 0) is 0 Å². The van der Waals surface area contributed by atoms with Crippen molar-refractivity contribution in [3.8, 4) is 11.5 Å². The van der Waals surface area contributed by atoms with E-state index in [0.717, 1.165) is 0 Å². The number of para-hydroxylation sites is 1. The molecule has 0 atom stereocenters. The highest BCUT2D eigenvalue weighted by molar-refractivity contribution is 9.10. The van der Waals surface area contributed by atoms with Crippen LogP contribution in [0.3, 0.4) is 0 Å². The Kier molecular flexibility index (Phi) is 3.94. The van der Waals surface area contributed by atoms with Crippen molar-refractivity contribution in [2.24, 2.45) is 5.16 Å². The molecule has 0 saturated carbocycles. The van der Waals surface area contributed by atoms with Crippen LogP contribution < -0.4 is 4.74 Å². The summed E-state index contributed by atoms with van der Waals surface area (Å²) < 4.78 is 19.7. The second-order valence-corrected chi connectivity index (χ2v) is 4.37. The van der Waals surface area contributed by atoms with Gasteiger partial charge >= 0.3 is 0 Å². The van der Waals surface area contributed by atoms with Crippen LogP contribution in [0.25, 0.3) is 0 Å². The molecule has 18 heavy (non-hydrogen) atoms. The molecular formula is C13H9BrFNO2.